The number of nitrogens with two attached hydrogens (primary N) is 6. The Morgan fingerprint density at radius 2 is 1.43 bits per heavy atom. The van der Waals surface area contributed by atoms with Crippen LogP contribution in [0.25, 0.3) is 0 Å². The normalized spacial score (nSPS) is 15.5. The number of likely N-dealkylation sites (tertiary alicyclic amines) is 1. The van der Waals surface area contributed by atoms with Gasteiger partial charge in [-0.15, -0.1) is 0 Å². The molecule has 0 aliphatic carbocycles. The maximum absolute atomic E-state index is 14.4. The van der Waals surface area contributed by atoms with Gasteiger partial charge in [-0.3, -0.25) is 48.6 Å². The number of amides is 9. The second kappa shape index (κ2) is 37.7. The summed E-state index contributed by atoms with van der Waals surface area (Å²) in [7, 11) is 0. The number of aliphatic imine (C=N–C) groups is 1. The van der Waals surface area contributed by atoms with Crippen molar-refractivity contribution in [2.45, 2.75) is 133 Å². The molecule has 1 saturated heterocycles. The number of carbonyl (C=O) groups is 9. The molecule has 2 heterocycles. The summed E-state index contributed by atoms with van der Waals surface area (Å²) in [6.45, 7) is -0.187. The SMILES string of the molecule is N=C(N)NCC/C=C(\NC(=O)[C@H](CCCCN)NC(=O)[C@H](Cc1cnc[nH]1)NC(=O)[C@@H]1CCCN1C(=O)/C(CCCN)=N/C(=O)CNC(=O)[C@H](CO)NC(=O)C[C@@H](O)CN)C(=O)N[C@@H](CCCCN)C(=O)NCCCCN. The lowest BCUT2D eigenvalue weighted by atomic mass is 10.1. The fourth-order valence-corrected chi connectivity index (χ4v) is 7.72. The minimum Gasteiger partial charge on any atom is -0.394 e. The minimum atomic E-state index is -1.49. The molecule has 0 radical (unpaired) electrons. The number of hydrogen-bond acceptors (Lipinski definition) is 18. The van der Waals surface area contributed by atoms with Crippen LogP contribution in [0.2, 0.25) is 0 Å². The fraction of sp³-hybridized carbons (Fsp3) is 0.660. The lowest BCUT2D eigenvalue weighted by Crippen LogP contribution is -2.57. The predicted molar refractivity (Wildman–Crippen MR) is 283 cm³/mol. The summed E-state index contributed by atoms with van der Waals surface area (Å²) < 4.78 is 0. The smallest absolute Gasteiger partial charge is 0.269 e. The molecule has 30 heteroatoms. The van der Waals surface area contributed by atoms with Crippen LogP contribution in [-0.2, 0) is 49.6 Å². The Hall–Kier alpha value is -6.96. The van der Waals surface area contributed by atoms with Crippen molar-refractivity contribution in [2.75, 3.05) is 65.5 Å². The number of aliphatic hydroxyl groups is 2. The molecule has 77 heavy (non-hydrogen) atoms. The number of rotatable bonds is 38. The van der Waals surface area contributed by atoms with Crippen molar-refractivity contribution < 1.29 is 53.4 Å². The molecule has 0 spiro atoms. The second-order valence-corrected chi connectivity index (χ2v) is 18.1. The topological polar surface area (TPSA) is 515 Å². The molecule has 1 aromatic rings. The van der Waals surface area contributed by atoms with E-state index < -0.39 is 109 Å². The van der Waals surface area contributed by atoms with Gasteiger partial charge in [-0.05, 0) is 110 Å². The third kappa shape index (κ3) is 25.6. The van der Waals surface area contributed by atoms with Crippen molar-refractivity contribution in [3.63, 3.8) is 0 Å². The van der Waals surface area contributed by atoms with E-state index in [2.05, 4.69) is 57.5 Å². The van der Waals surface area contributed by atoms with Gasteiger partial charge in [0, 0.05) is 44.5 Å². The van der Waals surface area contributed by atoms with Gasteiger partial charge in [0.15, 0.2) is 5.96 Å². The molecular formula is C47H83N19O11. The molecule has 432 valence electrons. The summed E-state index contributed by atoms with van der Waals surface area (Å²) in [5.74, 6) is -7.48. The van der Waals surface area contributed by atoms with Gasteiger partial charge in [-0.1, -0.05) is 6.08 Å². The van der Waals surface area contributed by atoms with Gasteiger partial charge >= 0.3 is 0 Å². The predicted octanol–water partition coefficient (Wildman–Crippen LogP) is -6.61. The molecule has 0 aromatic carbocycles. The van der Waals surface area contributed by atoms with Gasteiger partial charge in [0.05, 0.1) is 32.0 Å². The number of hydrogen-bond donors (Lipinski definition) is 18. The number of aromatic nitrogens is 2. The van der Waals surface area contributed by atoms with Crippen molar-refractivity contribution in [3.05, 3.63) is 30.0 Å². The Morgan fingerprint density at radius 3 is 2.04 bits per heavy atom. The number of nitrogens with one attached hydrogen (secondary N) is 10. The quantitative estimate of drug-likeness (QED) is 0.0127. The van der Waals surface area contributed by atoms with Gasteiger partial charge in [0.1, 0.15) is 41.6 Å². The average molecular weight is 1090 g/mol. The molecule has 0 bridgehead atoms. The molecule has 30 nitrogen and oxygen atoms in total. The zero-order chi connectivity index (χ0) is 57.1. The molecule has 6 atom stereocenters. The Morgan fingerprint density at radius 1 is 0.779 bits per heavy atom. The number of H-pyrrole nitrogens is 1. The van der Waals surface area contributed by atoms with Gasteiger partial charge in [-0.2, -0.15) is 0 Å². The molecule has 1 aliphatic heterocycles. The Bertz CT molecular complexity index is 2130. The zero-order valence-electron chi connectivity index (χ0n) is 43.7. The summed E-state index contributed by atoms with van der Waals surface area (Å²) in [4.78, 5) is 134. The third-order valence-corrected chi connectivity index (χ3v) is 11.9. The van der Waals surface area contributed by atoms with Crippen LogP contribution in [0.1, 0.15) is 95.6 Å². The number of unbranched alkanes of at least 4 members (excludes halogenated alkanes) is 3. The van der Waals surface area contributed by atoms with Gasteiger partial charge in [-0.25, -0.2) is 9.98 Å². The zero-order valence-corrected chi connectivity index (χ0v) is 43.7. The van der Waals surface area contributed by atoms with Gasteiger partial charge < -0.3 is 97.0 Å². The summed E-state index contributed by atoms with van der Waals surface area (Å²) in [5.41, 5.74) is 33.5. The second-order valence-electron chi connectivity index (χ2n) is 18.1. The molecule has 0 unspecified atom stereocenters. The highest BCUT2D eigenvalue weighted by Crippen LogP contribution is 2.20. The van der Waals surface area contributed by atoms with Crippen molar-refractivity contribution in [2.24, 2.45) is 39.4 Å². The monoisotopic (exact) mass is 1090 g/mol. The van der Waals surface area contributed by atoms with E-state index in [-0.39, 0.29) is 95.0 Å². The van der Waals surface area contributed by atoms with Crippen LogP contribution >= 0.6 is 0 Å². The first kappa shape index (κ1) is 66.2. The number of carbonyl (C=O) groups excluding carboxylic acids is 9. The minimum absolute atomic E-state index is 0.0320. The van der Waals surface area contributed by atoms with Gasteiger partial charge in [0.2, 0.25) is 35.4 Å². The summed E-state index contributed by atoms with van der Waals surface area (Å²) in [6.07, 6.45) is 6.51. The van der Waals surface area contributed by atoms with Crippen LogP contribution in [-0.4, -0.2) is 192 Å². The molecule has 9 amide bonds. The largest absolute Gasteiger partial charge is 0.394 e. The van der Waals surface area contributed by atoms with Crippen molar-refractivity contribution >= 4 is 64.8 Å². The third-order valence-electron chi connectivity index (χ3n) is 11.9. The van der Waals surface area contributed by atoms with E-state index in [1.807, 2.05) is 0 Å². The van der Waals surface area contributed by atoms with E-state index in [1.54, 1.807) is 0 Å². The Balaban J connectivity index is 2.40. The number of guanidine groups is 1. The maximum Gasteiger partial charge on any atom is 0.269 e. The van der Waals surface area contributed by atoms with Crippen molar-refractivity contribution in [1.29, 1.82) is 5.41 Å². The lowest BCUT2D eigenvalue weighted by molar-refractivity contribution is -0.136. The van der Waals surface area contributed by atoms with Crippen molar-refractivity contribution in [3.8, 4) is 0 Å². The summed E-state index contributed by atoms with van der Waals surface area (Å²) >= 11 is 0. The van der Waals surface area contributed by atoms with E-state index in [0.29, 0.717) is 70.3 Å². The lowest BCUT2D eigenvalue weighted by Gasteiger charge is -2.28. The molecular weight excluding hydrogens is 1010 g/mol. The van der Waals surface area contributed by atoms with E-state index >= 15 is 0 Å². The standard InChI is InChI=1S/C47H83N19O11/c48-15-3-1-10-31(40(71)56-19-6-5-17-50)62-43(74)33(13-8-20-57-47(53)54)63-42(73)32(11-2-4-16-49)64-44(75)35(22-29-25-55-28-59-29)65-45(76)37-14-9-21-66(37)46(77)34(12-7-18-51)60-39(70)26-58-41(72)36(27-67)61-38(69)23-30(68)24-52/h13,25,28,30-32,35-37,67-68H,1-12,14-24,26-27,48-52H2,(H,55,59)(H,56,71)(H,58,72)(H,61,69)(H,62,74)(H,63,73)(H,64,75)(H,65,76)(H4,53,54,57)/b33-13-,60-34+/t30-,31+,32+,35+,36+,37+/m1/s1. The van der Waals surface area contributed by atoms with E-state index in [0.717, 1.165) is 0 Å². The first-order valence-electron chi connectivity index (χ1n) is 26.0. The number of aromatic amines is 1. The first-order chi connectivity index (χ1) is 36.9. The van der Waals surface area contributed by atoms with Gasteiger partial charge in [0.25, 0.3) is 17.7 Å². The summed E-state index contributed by atoms with van der Waals surface area (Å²) in [5, 5.41) is 47.5. The molecule has 1 aromatic heterocycles. The van der Waals surface area contributed by atoms with E-state index in [4.69, 9.17) is 39.8 Å². The summed E-state index contributed by atoms with van der Waals surface area (Å²) in [6, 6.07) is -6.35. The Labute approximate surface area is 447 Å². The molecule has 0 saturated carbocycles. The molecule has 1 fully saturated rings. The van der Waals surface area contributed by atoms with Crippen LogP contribution in [0.5, 0.6) is 0 Å². The highest BCUT2D eigenvalue weighted by molar-refractivity contribution is 6.40. The van der Waals surface area contributed by atoms with Crippen LogP contribution in [0.15, 0.2) is 29.3 Å². The molecule has 2 rings (SSSR count). The first-order valence-corrected chi connectivity index (χ1v) is 26.0. The van der Waals surface area contributed by atoms with Crippen LogP contribution in [0, 0.1) is 5.41 Å². The number of aliphatic hydroxyl groups excluding tert-OH is 2. The Kier molecular flexibility index (Phi) is 32.4. The van der Waals surface area contributed by atoms with E-state index in [1.165, 1.54) is 23.5 Å². The van der Waals surface area contributed by atoms with Crippen LogP contribution in [0.4, 0.5) is 0 Å². The van der Waals surface area contributed by atoms with E-state index in [9.17, 15) is 53.4 Å². The fourth-order valence-electron chi connectivity index (χ4n) is 7.72. The van der Waals surface area contributed by atoms with Crippen LogP contribution in [0.3, 0.4) is 0 Å². The van der Waals surface area contributed by atoms with Crippen molar-refractivity contribution in [1.82, 2.24) is 57.4 Å². The highest BCUT2D eigenvalue weighted by Gasteiger charge is 2.38. The highest BCUT2D eigenvalue weighted by atomic mass is 16.3. The number of imidazole rings is 1. The maximum atomic E-state index is 14.4. The number of nitrogens with zero attached hydrogens (tertiary/aromatic N) is 3. The molecule has 24 N–H and O–H groups in total. The van der Waals surface area contributed by atoms with Crippen LogP contribution < -0.4 is 76.9 Å². The average Bonchev–Trinajstić information content (AvgIpc) is 4.13. The molecule has 1 aliphatic rings.